The predicted octanol–water partition coefficient (Wildman–Crippen LogP) is 3.23. The Morgan fingerprint density at radius 2 is 1.97 bits per heavy atom. The number of furan rings is 1. The van der Waals surface area contributed by atoms with Crippen LogP contribution in [0.4, 0.5) is 5.69 Å². The van der Waals surface area contributed by atoms with Crippen molar-refractivity contribution < 1.29 is 17.4 Å². The number of hydrogen-bond donors (Lipinski definition) is 1. The van der Waals surface area contributed by atoms with E-state index in [2.05, 4.69) is 15.1 Å². The third-order valence-electron chi connectivity index (χ3n) is 4.19. The van der Waals surface area contributed by atoms with E-state index in [9.17, 15) is 8.42 Å². The van der Waals surface area contributed by atoms with E-state index in [1.54, 1.807) is 12.3 Å². The lowest BCUT2D eigenvalue weighted by Crippen LogP contribution is -2.22. The quantitative estimate of drug-likeness (QED) is 0.459. The molecule has 30 heavy (non-hydrogen) atoms. The van der Waals surface area contributed by atoms with Gasteiger partial charge < -0.3 is 13.8 Å². The Balaban J connectivity index is 1.61. The number of primary sulfonamides is 1. The molecule has 0 saturated carbocycles. The van der Waals surface area contributed by atoms with Crippen molar-refractivity contribution in [2.75, 3.05) is 4.90 Å². The summed E-state index contributed by atoms with van der Waals surface area (Å²) in [5, 5.41) is 9.68. The molecule has 0 spiro atoms. The molecular formula is C19H16ClN5O4S. The first kappa shape index (κ1) is 20.1. The average Bonchev–Trinajstić information content (AvgIpc) is 3.39. The van der Waals surface area contributed by atoms with Gasteiger partial charge in [0.15, 0.2) is 0 Å². The molecule has 9 nitrogen and oxygen atoms in total. The minimum absolute atomic E-state index is 0.135. The molecule has 154 valence electrons. The number of nitrogens with two attached hydrogens (primary N) is 1. The molecule has 11 heteroatoms. The Bertz CT molecular complexity index is 1260. The smallest absolute Gasteiger partial charge is 0.246 e. The summed E-state index contributed by atoms with van der Waals surface area (Å²) >= 11 is 6.14. The normalized spacial score (nSPS) is 11.5. The molecule has 0 radical (unpaired) electrons. The van der Waals surface area contributed by atoms with Crippen LogP contribution < -0.4 is 10.0 Å². The molecule has 4 rings (SSSR count). The van der Waals surface area contributed by atoms with Crippen molar-refractivity contribution in [3.8, 4) is 11.4 Å². The second kappa shape index (κ2) is 8.27. The van der Waals surface area contributed by atoms with Gasteiger partial charge in [-0.3, -0.25) is 4.98 Å². The van der Waals surface area contributed by atoms with Gasteiger partial charge in [0.25, 0.3) is 0 Å². The number of rotatable bonds is 7. The standard InChI is InChI=1S/C19H16ClN5O4S/c20-14-3-1-4-15(8-14)25(11-16-5-2-6-28-16)12-18-23-19(24-29-18)13-7-17(10-22-9-13)30(21,26)27/h1-10H,11-12H2,(H2,21,26,27). The zero-order valence-electron chi connectivity index (χ0n) is 15.5. The van der Waals surface area contributed by atoms with Crippen LogP contribution in [0, 0.1) is 0 Å². The van der Waals surface area contributed by atoms with Crippen LogP contribution in [-0.4, -0.2) is 23.5 Å². The Labute approximate surface area is 177 Å². The Morgan fingerprint density at radius 1 is 1.10 bits per heavy atom. The van der Waals surface area contributed by atoms with Crippen molar-refractivity contribution >= 4 is 27.3 Å². The van der Waals surface area contributed by atoms with Crippen molar-refractivity contribution in [2.24, 2.45) is 5.14 Å². The molecule has 0 bridgehead atoms. The molecule has 0 aliphatic rings. The number of pyridine rings is 1. The van der Waals surface area contributed by atoms with E-state index in [1.165, 1.54) is 12.3 Å². The summed E-state index contributed by atoms with van der Waals surface area (Å²) in [4.78, 5) is 10.1. The summed E-state index contributed by atoms with van der Waals surface area (Å²) in [7, 11) is -3.89. The van der Waals surface area contributed by atoms with Gasteiger partial charge in [-0.15, -0.1) is 0 Å². The average molecular weight is 446 g/mol. The molecule has 3 heterocycles. The molecule has 0 atom stereocenters. The first-order valence-corrected chi connectivity index (χ1v) is 10.6. The van der Waals surface area contributed by atoms with Crippen LogP contribution >= 0.6 is 11.6 Å². The maximum absolute atomic E-state index is 11.6. The monoisotopic (exact) mass is 445 g/mol. The number of hydrogen-bond acceptors (Lipinski definition) is 8. The van der Waals surface area contributed by atoms with Crippen LogP contribution in [0.15, 0.2) is 75.0 Å². The first-order chi connectivity index (χ1) is 14.4. The summed E-state index contributed by atoms with van der Waals surface area (Å²) < 4.78 is 33.9. The highest BCUT2D eigenvalue weighted by molar-refractivity contribution is 7.89. The Kier molecular flexibility index (Phi) is 5.53. The van der Waals surface area contributed by atoms with Gasteiger partial charge >= 0.3 is 0 Å². The SMILES string of the molecule is NS(=O)(=O)c1cncc(-c2noc(CN(Cc3ccco3)c3cccc(Cl)c3)n2)c1. The lowest BCUT2D eigenvalue weighted by molar-refractivity contribution is 0.374. The maximum Gasteiger partial charge on any atom is 0.246 e. The summed E-state index contributed by atoms with van der Waals surface area (Å²) in [5.41, 5.74) is 1.22. The molecule has 1 aromatic carbocycles. The van der Waals surface area contributed by atoms with Gasteiger partial charge in [0, 0.05) is 28.7 Å². The third kappa shape index (κ3) is 4.67. The van der Waals surface area contributed by atoms with Crippen molar-refractivity contribution in [2.45, 2.75) is 18.0 Å². The highest BCUT2D eigenvalue weighted by atomic mass is 35.5. The zero-order valence-corrected chi connectivity index (χ0v) is 17.0. The Morgan fingerprint density at radius 3 is 2.70 bits per heavy atom. The molecule has 0 aliphatic heterocycles. The van der Waals surface area contributed by atoms with E-state index >= 15 is 0 Å². The summed E-state index contributed by atoms with van der Waals surface area (Å²) in [6.45, 7) is 0.726. The van der Waals surface area contributed by atoms with E-state index in [0.29, 0.717) is 23.0 Å². The number of benzene rings is 1. The second-order valence-electron chi connectivity index (χ2n) is 6.38. The third-order valence-corrected chi connectivity index (χ3v) is 5.31. The van der Waals surface area contributed by atoms with E-state index in [-0.39, 0.29) is 17.3 Å². The Hall–Kier alpha value is -3.21. The van der Waals surface area contributed by atoms with E-state index in [1.807, 2.05) is 35.2 Å². The number of aromatic nitrogens is 3. The van der Waals surface area contributed by atoms with E-state index in [0.717, 1.165) is 17.6 Å². The molecule has 0 unspecified atom stereocenters. The molecule has 4 aromatic rings. The van der Waals surface area contributed by atoms with Crippen LogP contribution in [0.1, 0.15) is 11.7 Å². The number of anilines is 1. The fourth-order valence-electron chi connectivity index (χ4n) is 2.80. The van der Waals surface area contributed by atoms with Crippen LogP contribution in [-0.2, 0) is 23.1 Å². The maximum atomic E-state index is 11.6. The van der Waals surface area contributed by atoms with Crippen molar-refractivity contribution in [3.63, 3.8) is 0 Å². The minimum atomic E-state index is -3.89. The second-order valence-corrected chi connectivity index (χ2v) is 8.38. The number of halogens is 1. The minimum Gasteiger partial charge on any atom is -0.467 e. The van der Waals surface area contributed by atoms with Crippen LogP contribution in [0.25, 0.3) is 11.4 Å². The van der Waals surface area contributed by atoms with Gasteiger partial charge in [-0.2, -0.15) is 4.98 Å². The van der Waals surface area contributed by atoms with Gasteiger partial charge in [-0.1, -0.05) is 22.8 Å². The van der Waals surface area contributed by atoms with Gasteiger partial charge in [0.1, 0.15) is 10.7 Å². The summed E-state index contributed by atoms with van der Waals surface area (Å²) in [6.07, 6.45) is 4.19. The number of sulfonamides is 1. The van der Waals surface area contributed by atoms with Crippen LogP contribution in [0.3, 0.4) is 0 Å². The lowest BCUT2D eigenvalue weighted by Gasteiger charge is -2.22. The summed E-state index contributed by atoms with van der Waals surface area (Å²) in [6, 6.07) is 12.4. The highest BCUT2D eigenvalue weighted by Crippen LogP contribution is 2.24. The molecule has 3 aromatic heterocycles. The van der Waals surface area contributed by atoms with Gasteiger partial charge in [-0.05, 0) is 36.4 Å². The molecule has 0 aliphatic carbocycles. The number of nitrogens with zero attached hydrogens (tertiary/aromatic N) is 4. The van der Waals surface area contributed by atoms with Gasteiger partial charge in [-0.25, -0.2) is 13.6 Å². The van der Waals surface area contributed by atoms with Gasteiger partial charge in [0.05, 0.1) is 19.4 Å². The fourth-order valence-corrected chi connectivity index (χ4v) is 3.48. The predicted molar refractivity (Wildman–Crippen MR) is 109 cm³/mol. The zero-order chi connectivity index (χ0) is 21.1. The van der Waals surface area contributed by atoms with Crippen molar-refractivity contribution in [3.05, 3.63) is 77.8 Å². The van der Waals surface area contributed by atoms with Crippen molar-refractivity contribution in [1.29, 1.82) is 0 Å². The van der Waals surface area contributed by atoms with Crippen LogP contribution in [0.2, 0.25) is 5.02 Å². The fraction of sp³-hybridized carbons (Fsp3) is 0.105. The molecule has 0 amide bonds. The first-order valence-electron chi connectivity index (χ1n) is 8.72. The molecular weight excluding hydrogens is 430 g/mol. The topological polar surface area (TPSA) is 128 Å². The van der Waals surface area contributed by atoms with E-state index in [4.69, 9.17) is 25.7 Å². The van der Waals surface area contributed by atoms with E-state index < -0.39 is 10.0 Å². The largest absolute Gasteiger partial charge is 0.467 e. The molecule has 0 fully saturated rings. The molecule has 2 N–H and O–H groups in total. The van der Waals surface area contributed by atoms with Gasteiger partial charge in [0.2, 0.25) is 21.7 Å². The molecule has 0 saturated heterocycles. The highest BCUT2D eigenvalue weighted by Gasteiger charge is 2.17. The van der Waals surface area contributed by atoms with Crippen molar-refractivity contribution in [1.82, 2.24) is 15.1 Å². The van der Waals surface area contributed by atoms with Crippen LogP contribution in [0.5, 0.6) is 0 Å². The summed E-state index contributed by atoms with van der Waals surface area (Å²) in [5.74, 6) is 1.27. The lowest BCUT2D eigenvalue weighted by atomic mass is 10.2.